The number of anilines is 1. The van der Waals surface area contributed by atoms with E-state index in [1.165, 1.54) is 6.26 Å². The third-order valence-electron chi connectivity index (χ3n) is 6.22. The van der Waals surface area contributed by atoms with Crippen molar-refractivity contribution >= 4 is 38.5 Å². The number of nitrogens with zero attached hydrogens (tertiary/aromatic N) is 2. The Hall–Kier alpha value is -2.93. The van der Waals surface area contributed by atoms with Crippen LogP contribution in [0.25, 0.3) is 5.76 Å². The zero-order chi connectivity index (χ0) is 23.5. The smallest absolute Gasteiger partial charge is 0.180 e. The summed E-state index contributed by atoms with van der Waals surface area (Å²) in [6, 6.07) is 12.3. The van der Waals surface area contributed by atoms with E-state index in [0.717, 1.165) is 12.0 Å². The highest BCUT2D eigenvalue weighted by molar-refractivity contribution is 7.93. The van der Waals surface area contributed by atoms with Gasteiger partial charge in [-0.1, -0.05) is 45.0 Å². The lowest BCUT2D eigenvalue weighted by molar-refractivity contribution is -0.120. The number of nitrogens with two attached hydrogens (primary N) is 1. The average Bonchev–Trinajstić information content (AvgIpc) is 2.71. The van der Waals surface area contributed by atoms with E-state index in [9.17, 15) is 14.1 Å². The van der Waals surface area contributed by atoms with Crippen LogP contribution < -0.4 is 5.73 Å². The number of amidine groups is 1. The molecule has 0 amide bonds. The quantitative estimate of drug-likeness (QED) is 0.609. The number of carbonyl (C=O) groups is 1. The molecule has 1 unspecified atom stereocenters. The minimum atomic E-state index is -2.89. The largest absolute Gasteiger partial charge is 0.506 e. The molecular weight excluding hydrogens is 422 g/mol. The first-order chi connectivity index (χ1) is 14.8. The van der Waals surface area contributed by atoms with Gasteiger partial charge in [0.15, 0.2) is 11.6 Å². The number of carbonyl (C=O) groups excluding carboxylic acids is 1. The van der Waals surface area contributed by atoms with Gasteiger partial charge < -0.3 is 10.8 Å². The minimum absolute atomic E-state index is 0.00811. The topological polar surface area (TPSA) is 105 Å². The van der Waals surface area contributed by atoms with Crippen molar-refractivity contribution in [3.63, 3.8) is 0 Å². The molecule has 0 bridgehead atoms. The van der Waals surface area contributed by atoms with Gasteiger partial charge in [-0.2, -0.15) is 4.36 Å². The Bertz CT molecular complexity index is 1320. The first-order valence-electron chi connectivity index (χ1n) is 10.6. The molecule has 6 nitrogen and oxygen atoms in total. The zero-order valence-electron chi connectivity index (χ0n) is 19.1. The van der Waals surface area contributed by atoms with Gasteiger partial charge in [-0.15, -0.1) is 0 Å². The first-order valence-corrected chi connectivity index (χ1v) is 12.5. The molecule has 3 N–H and O–H groups in total. The number of benzene rings is 2. The molecule has 1 aliphatic heterocycles. The number of rotatable bonds is 3. The lowest BCUT2D eigenvalue weighted by Gasteiger charge is -2.37. The molecule has 0 fully saturated rings. The van der Waals surface area contributed by atoms with E-state index in [1.54, 1.807) is 24.3 Å². The third-order valence-corrected chi connectivity index (χ3v) is 7.88. The maximum atomic E-state index is 13.9. The first kappa shape index (κ1) is 22.3. The van der Waals surface area contributed by atoms with Crippen LogP contribution in [0.15, 0.2) is 62.3 Å². The van der Waals surface area contributed by atoms with Crippen LogP contribution >= 0.6 is 0 Å². The molecule has 2 aliphatic rings. The molecule has 7 heteroatoms. The van der Waals surface area contributed by atoms with Gasteiger partial charge >= 0.3 is 0 Å². The minimum Gasteiger partial charge on any atom is -0.506 e. The second kappa shape index (κ2) is 7.30. The molecule has 0 spiro atoms. The summed E-state index contributed by atoms with van der Waals surface area (Å²) in [5.41, 5.74) is 7.34. The Morgan fingerprint density at radius 3 is 2.53 bits per heavy atom. The summed E-state index contributed by atoms with van der Waals surface area (Å²) in [5.74, 6) is -0.418. The number of aliphatic hydroxyl groups excluding tert-OH is 1. The highest BCUT2D eigenvalue weighted by Gasteiger charge is 2.46. The van der Waals surface area contributed by atoms with Gasteiger partial charge in [-0.25, -0.2) is 9.20 Å². The van der Waals surface area contributed by atoms with E-state index in [1.807, 2.05) is 25.1 Å². The summed E-state index contributed by atoms with van der Waals surface area (Å²) in [6.07, 6.45) is 2.91. The molecule has 2 aromatic rings. The van der Waals surface area contributed by atoms with Crippen molar-refractivity contribution in [2.75, 3.05) is 12.0 Å². The van der Waals surface area contributed by atoms with Crippen LogP contribution in [0.4, 0.5) is 11.4 Å². The number of ketones is 1. The average molecular weight is 452 g/mol. The van der Waals surface area contributed by atoms with E-state index in [0.29, 0.717) is 28.3 Å². The van der Waals surface area contributed by atoms with Crippen molar-refractivity contribution < 1.29 is 14.1 Å². The van der Waals surface area contributed by atoms with Crippen LogP contribution in [-0.2, 0) is 19.9 Å². The van der Waals surface area contributed by atoms with E-state index >= 15 is 0 Å². The van der Waals surface area contributed by atoms with Crippen LogP contribution in [0.5, 0.6) is 0 Å². The summed E-state index contributed by atoms with van der Waals surface area (Å²) in [4.78, 5) is 18.9. The number of fused-ring (bicyclic) bond motifs is 2. The van der Waals surface area contributed by atoms with Gasteiger partial charge in [0.05, 0.1) is 25.7 Å². The summed E-state index contributed by atoms with van der Waals surface area (Å²) < 4.78 is 17.7. The Morgan fingerprint density at radius 1 is 1.16 bits per heavy atom. The molecule has 0 aromatic heterocycles. The molecule has 1 aliphatic carbocycles. The molecule has 0 saturated heterocycles. The van der Waals surface area contributed by atoms with Crippen LogP contribution in [0.3, 0.4) is 0 Å². The van der Waals surface area contributed by atoms with Gasteiger partial charge in [-0.05, 0) is 48.9 Å². The molecule has 32 heavy (non-hydrogen) atoms. The fourth-order valence-corrected chi connectivity index (χ4v) is 5.69. The number of hydrogen-bond acceptors (Lipinski definition) is 6. The van der Waals surface area contributed by atoms with Crippen LogP contribution in [0.1, 0.15) is 51.7 Å². The lowest BCUT2D eigenvalue weighted by atomic mass is 9.65. The number of aliphatic imine (C=N–C) groups is 1. The van der Waals surface area contributed by atoms with Crippen LogP contribution in [0, 0.1) is 5.41 Å². The third kappa shape index (κ3) is 3.64. The summed E-state index contributed by atoms with van der Waals surface area (Å²) in [5, 5.41) is 11.2. The normalized spacial score (nSPS) is 25.0. The Balaban J connectivity index is 1.94. The standard InChI is InChI=1S/C25H29N3O3S/c1-24(2,3)12-13-25(4)17-9-7-6-8-16(17)21(29)20(22(25)30)23-27-18-11-10-15(26)14-19(18)32(5,31)28-23/h6-11,14,29H,12-13,26H2,1-5H3/t25-,32?/m1/s1. The molecule has 0 saturated carbocycles. The Labute approximate surface area is 189 Å². The lowest BCUT2D eigenvalue weighted by Crippen LogP contribution is -2.41. The maximum absolute atomic E-state index is 13.9. The van der Waals surface area contributed by atoms with E-state index in [4.69, 9.17) is 5.73 Å². The number of nitrogen functional groups attached to an aromatic ring is 1. The second-order valence-corrected chi connectivity index (χ2v) is 12.3. The van der Waals surface area contributed by atoms with Gasteiger partial charge in [-0.3, -0.25) is 4.79 Å². The number of hydrogen-bond donors (Lipinski definition) is 2. The summed E-state index contributed by atoms with van der Waals surface area (Å²) in [6.45, 7) is 8.32. The fourth-order valence-electron chi connectivity index (χ4n) is 4.27. The monoisotopic (exact) mass is 451 g/mol. The number of aliphatic hydroxyl groups is 1. The van der Waals surface area contributed by atoms with Gasteiger partial charge in [0.2, 0.25) is 0 Å². The molecule has 2 aromatic carbocycles. The van der Waals surface area contributed by atoms with Crippen LogP contribution in [-0.4, -0.2) is 27.2 Å². The fraction of sp³-hybridized carbons (Fsp3) is 0.360. The van der Waals surface area contributed by atoms with Crippen molar-refractivity contribution in [2.45, 2.75) is 50.8 Å². The predicted molar refractivity (Wildman–Crippen MR) is 130 cm³/mol. The van der Waals surface area contributed by atoms with E-state index in [-0.39, 0.29) is 28.4 Å². The second-order valence-electron chi connectivity index (χ2n) is 10.0. The maximum Gasteiger partial charge on any atom is 0.180 e. The van der Waals surface area contributed by atoms with Gasteiger partial charge in [0.1, 0.15) is 11.3 Å². The van der Waals surface area contributed by atoms with E-state index in [2.05, 4.69) is 30.1 Å². The Kier molecular flexibility index (Phi) is 5.08. The SMILES string of the molecule is CC(C)(C)CC[C@@]1(C)C(=O)C(C2=Nc3ccc(N)cc3S(C)(=O)=N2)=C(O)c2ccccc21. The summed E-state index contributed by atoms with van der Waals surface area (Å²) in [7, 11) is -2.89. The zero-order valence-corrected chi connectivity index (χ0v) is 19.9. The van der Waals surface area contributed by atoms with Gasteiger partial charge in [0.25, 0.3) is 0 Å². The molecule has 2 atom stereocenters. The van der Waals surface area contributed by atoms with Crippen molar-refractivity contribution in [3.05, 3.63) is 59.2 Å². The highest BCUT2D eigenvalue weighted by Crippen LogP contribution is 2.45. The highest BCUT2D eigenvalue weighted by atomic mass is 32.2. The van der Waals surface area contributed by atoms with Crippen molar-refractivity contribution in [2.24, 2.45) is 14.8 Å². The van der Waals surface area contributed by atoms with Crippen LogP contribution in [0.2, 0.25) is 0 Å². The van der Waals surface area contributed by atoms with Crippen molar-refractivity contribution in [1.82, 2.24) is 0 Å². The number of Topliss-reactive ketones (excluding diaryl/α,β-unsaturated/α-hetero) is 1. The van der Waals surface area contributed by atoms with Crippen molar-refractivity contribution in [1.29, 1.82) is 0 Å². The predicted octanol–water partition coefficient (Wildman–Crippen LogP) is 5.41. The van der Waals surface area contributed by atoms with Gasteiger partial charge in [0, 0.05) is 17.5 Å². The molecule has 4 rings (SSSR count). The molecular formula is C25H29N3O3S. The van der Waals surface area contributed by atoms with Crippen molar-refractivity contribution in [3.8, 4) is 0 Å². The Morgan fingerprint density at radius 2 is 1.84 bits per heavy atom. The molecule has 0 radical (unpaired) electrons. The molecule has 168 valence electrons. The molecule has 1 heterocycles. The summed E-state index contributed by atoms with van der Waals surface area (Å²) >= 11 is 0. The van der Waals surface area contributed by atoms with E-state index < -0.39 is 15.1 Å².